The lowest BCUT2D eigenvalue weighted by Crippen LogP contribution is -2.37. The highest BCUT2D eigenvalue weighted by atomic mass is 32.2. The van der Waals surface area contributed by atoms with Crippen LogP contribution in [0.15, 0.2) is 24.5 Å². The first-order chi connectivity index (χ1) is 12.5. The Morgan fingerprint density at radius 1 is 1.37 bits per heavy atom. The predicted octanol–water partition coefficient (Wildman–Crippen LogP) is 0.00690. The Morgan fingerprint density at radius 3 is 2.44 bits per heavy atom. The number of aromatic nitrogens is 1. The zero-order chi connectivity index (χ0) is 21.0. The number of esters is 1. The predicted molar refractivity (Wildman–Crippen MR) is 98.4 cm³/mol. The lowest BCUT2D eigenvalue weighted by molar-refractivity contribution is -0.727. The van der Waals surface area contributed by atoms with E-state index in [1.807, 2.05) is 0 Å². The van der Waals surface area contributed by atoms with Crippen molar-refractivity contribution in [1.29, 1.82) is 0 Å². The van der Waals surface area contributed by atoms with Crippen molar-refractivity contribution in [3.8, 4) is 0 Å². The van der Waals surface area contributed by atoms with E-state index < -0.39 is 10.1 Å². The molecule has 9 nitrogen and oxygen atoms in total. The Kier molecular flexibility index (Phi) is 11.4. The van der Waals surface area contributed by atoms with Gasteiger partial charge in [0, 0.05) is 25.8 Å². The molecule has 0 saturated heterocycles. The molecule has 10 heteroatoms. The SMILES string of the molecule is CNC(=O)c1ccc[n+](COC(=O)C[C@@H](CN)CC(C)C)c1.CS(=O)(=O)[O-]. The van der Waals surface area contributed by atoms with E-state index >= 15 is 0 Å². The van der Waals surface area contributed by atoms with E-state index in [0.29, 0.717) is 30.7 Å². The van der Waals surface area contributed by atoms with Gasteiger partial charge in [-0.1, -0.05) is 13.8 Å². The lowest BCUT2D eigenvalue weighted by Gasteiger charge is -2.15. The second kappa shape index (κ2) is 12.4. The normalized spacial score (nSPS) is 12.0. The number of carbonyl (C=O) groups is 2. The maximum absolute atomic E-state index is 11.9. The Bertz CT molecular complexity index is 698. The number of ether oxygens (including phenoxy) is 1. The molecule has 0 spiro atoms. The highest BCUT2D eigenvalue weighted by Gasteiger charge is 2.16. The van der Waals surface area contributed by atoms with Gasteiger partial charge in [0.2, 0.25) is 0 Å². The van der Waals surface area contributed by atoms with Crippen LogP contribution in [-0.2, 0) is 26.4 Å². The van der Waals surface area contributed by atoms with Crippen molar-refractivity contribution in [2.24, 2.45) is 17.6 Å². The summed E-state index contributed by atoms with van der Waals surface area (Å²) in [6, 6.07) is 3.43. The molecule has 0 fully saturated rings. The minimum atomic E-state index is -3.92. The monoisotopic (exact) mass is 403 g/mol. The summed E-state index contributed by atoms with van der Waals surface area (Å²) >= 11 is 0. The fourth-order valence-corrected chi connectivity index (χ4v) is 2.25. The lowest BCUT2D eigenvalue weighted by atomic mass is 9.94. The summed E-state index contributed by atoms with van der Waals surface area (Å²) in [6.45, 7) is 4.78. The fourth-order valence-electron chi connectivity index (χ4n) is 2.25. The van der Waals surface area contributed by atoms with Gasteiger partial charge in [0.15, 0.2) is 12.4 Å². The average Bonchev–Trinajstić information content (AvgIpc) is 2.57. The summed E-state index contributed by atoms with van der Waals surface area (Å²) in [6.07, 6.45) is 5.22. The van der Waals surface area contributed by atoms with Crippen LogP contribution in [0.1, 0.15) is 37.0 Å². The van der Waals surface area contributed by atoms with E-state index in [9.17, 15) is 9.59 Å². The van der Waals surface area contributed by atoms with Crippen molar-refractivity contribution < 1.29 is 31.9 Å². The molecule has 0 aliphatic rings. The van der Waals surface area contributed by atoms with E-state index in [0.717, 1.165) is 6.42 Å². The van der Waals surface area contributed by atoms with Gasteiger partial charge in [-0.3, -0.25) is 9.59 Å². The maximum atomic E-state index is 11.9. The van der Waals surface area contributed by atoms with Crippen molar-refractivity contribution in [1.82, 2.24) is 5.32 Å². The van der Waals surface area contributed by atoms with E-state index in [1.165, 1.54) is 0 Å². The average molecular weight is 404 g/mol. The highest BCUT2D eigenvalue weighted by molar-refractivity contribution is 7.84. The molecule has 154 valence electrons. The molecule has 27 heavy (non-hydrogen) atoms. The molecule has 0 aliphatic carbocycles. The molecular formula is C17H29N3O6S. The Labute approximate surface area is 160 Å². The van der Waals surface area contributed by atoms with Crippen molar-refractivity contribution in [3.63, 3.8) is 0 Å². The maximum Gasteiger partial charge on any atom is 0.310 e. The van der Waals surface area contributed by atoms with E-state index in [4.69, 9.17) is 23.4 Å². The molecule has 0 saturated carbocycles. The van der Waals surface area contributed by atoms with E-state index in [1.54, 1.807) is 36.1 Å². The molecule has 0 unspecified atom stereocenters. The quantitative estimate of drug-likeness (QED) is 0.353. The van der Waals surface area contributed by atoms with Gasteiger partial charge in [0.1, 0.15) is 5.56 Å². The molecule has 0 bridgehead atoms. The molecule has 1 amide bonds. The van der Waals surface area contributed by atoms with E-state index in [-0.39, 0.29) is 24.5 Å². The van der Waals surface area contributed by atoms with Crippen LogP contribution in [0.3, 0.4) is 0 Å². The molecule has 1 rings (SSSR count). The second-order valence-electron chi connectivity index (χ2n) is 6.47. The highest BCUT2D eigenvalue weighted by Crippen LogP contribution is 2.14. The Morgan fingerprint density at radius 2 is 1.96 bits per heavy atom. The molecule has 1 aromatic heterocycles. The summed E-state index contributed by atoms with van der Waals surface area (Å²) in [7, 11) is -2.35. The van der Waals surface area contributed by atoms with Crippen molar-refractivity contribution in [2.75, 3.05) is 19.8 Å². The van der Waals surface area contributed by atoms with Gasteiger partial charge < -0.3 is 20.3 Å². The van der Waals surface area contributed by atoms with Crippen molar-refractivity contribution in [2.45, 2.75) is 33.4 Å². The van der Waals surface area contributed by atoms with Crippen molar-refractivity contribution >= 4 is 22.0 Å². The van der Waals surface area contributed by atoms with Crippen LogP contribution in [0.5, 0.6) is 0 Å². The number of nitrogens with one attached hydrogen (secondary N) is 1. The van der Waals surface area contributed by atoms with Crippen LogP contribution in [0.2, 0.25) is 0 Å². The summed E-state index contributed by atoms with van der Waals surface area (Å²) in [5, 5.41) is 2.55. The summed E-state index contributed by atoms with van der Waals surface area (Å²) in [5.41, 5.74) is 6.20. The number of carbonyl (C=O) groups excluding carboxylic acids is 2. The third kappa shape index (κ3) is 13.8. The van der Waals surface area contributed by atoms with Gasteiger partial charge in [-0.2, -0.15) is 4.57 Å². The second-order valence-corrected chi connectivity index (χ2v) is 7.88. The first kappa shape index (κ1) is 25.0. The largest absolute Gasteiger partial charge is 0.748 e. The summed E-state index contributed by atoms with van der Waals surface area (Å²) < 4.78 is 34.1. The van der Waals surface area contributed by atoms with Gasteiger partial charge in [-0.05, 0) is 30.9 Å². The number of nitrogens with two attached hydrogens (primary N) is 1. The third-order valence-electron chi connectivity index (χ3n) is 3.32. The van der Waals surface area contributed by atoms with E-state index in [2.05, 4.69) is 19.2 Å². The summed E-state index contributed by atoms with van der Waals surface area (Å²) in [4.78, 5) is 23.4. The minimum absolute atomic E-state index is 0.0860. The van der Waals surface area contributed by atoms with Crippen LogP contribution in [0.25, 0.3) is 0 Å². The van der Waals surface area contributed by atoms with Gasteiger partial charge in [-0.15, -0.1) is 0 Å². The van der Waals surface area contributed by atoms with Crippen molar-refractivity contribution in [3.05, 3.63) is 30.1 Å². The zero-order valence-corrected chi connectivity index (χ0v) is 17.0. The van der Waals surface area contributed by atoms with Crippen LogP contribution in [0, 0.1) is 11.8 Å². The van der Waals surface area contributed by atoms with Gasteiger partial charge in [0.05, 0.1) is 10.1 Å². The molecule has 1 heterocycles. The zero-order valence-electron chi connectivity index (χ0n) is 16.2. The molecular weight excluding hydrogens is 374 g/mol. The number of nitrogens with zero attached hydrogens (tertiary/aromatic N) is 1. The fraction of sp³-hybridized carbons (Fsp3) is 0.588. The standard InChI is InChI=1S/C16H25N3O3.CH4O3S/c1-12(2)7-13(9-17)8-15(20)22-11-19-6-4-5-14(10-19)16(21)18-3;1-5(2,3)4/h4-6,10,12-13H,7-9,11,17H2,1-3H3;1H3,(H,2,3,4)/t13-;/m0./s1. The molecule has 1 aromatic rings. The number of pyridine rings is 1. The number of hydrogen-bond donors (Lipinski definition) is 2. The molecule has 3 N–H and O–H groups in total. The smallest absolute Gasteiger partial charge is 0.310 e. The van der Waals surface area contributed by atoms with Crippen LogP contribution in [0.4, 0.5) is 0 Å². The molecule has 0 aliphatic heterocycles. The van der Waals surface area contributed by atoms with Crippen LogP contribution >= 0.6 is 0 Å². The first-order valence-electron chi connectivity index (χ1n) is 8.44. The minimum Gasteiger partial charge on any atom is -0.748 e. The van der Waals surface area contributed by atoms with Crippen LogP contribution in [-0.4, -0.2) is 44.7 Å². The molecule has 0 aromatic carbocycles. The third-order valence-corrected chi connectivity index (χ3v) is 3.32. The van der Waals surface area contributed by atoms with Gasteiger partial charge in [-0.25, -0.2) is 8.42 Å². The summed E-state index contributed by atoms with van der Waals surface area (Å²) in [5.74, 6) is 0.199. The Balaban J connectivity index is 0.00000119. The van der Waals surface area contributed by atoms with Gasteiger partial charge >= 0.3 is 5.97 Å². The number of rotatable bonds is 8. The number of hydrogen-bond acceptors (Lipinski definition) is 7. The topological polar surface area (TPSA) is 142 Å². The molecule has 0 radical (unpaired) electrons. The Hall–Kier alpha value is -2.04. The number of amides is 1. The van der Waals surface area contributed by atoms with Gasteiger partial charge in [0.25, 0.3) is 12.6 Å². The first-order valence-corrected chi connectivity index (χ1v) is 10.3. The molecule has 1 atom stereocenters. The van der Waals surface area contributed by atoms with Crippen LogP contribution < -0.4 is 15.6 Å².